The Morgan fingerprint density at radius 2 is 1.72 bits per heavy atom. The average molecular weight is 886 g/mol. The molecule has 60 heavy (non-hydrogen) atoms. The van der Waals surface area contributed by atoms with E-state index in [0.717, 1.165) is 32.6 Å². The topological polar surface area (TPSA) is 145 Å². The number of fused-ring (bicyclic) bond motifs is 2. The number of aryl methyl sites for hydroxylation is 1. The molecule has 1 aromatic heterocycles. The number of carbonyl (C=O) groups excluding carboxylic acids is 2. The van der Waals surface area contributed by atoms with Gasteiger partial charge in [-0.05, 0) is 89.8 Å². The van der Waals surface area contributed by atoms with Crippen LogP contribution in [-0.2, 0) is 28.2 Å². The Bertz CT molecular complexity index is 2480. The van der Waals surface area contributed by atoms with Gasteiger partial charge in [0, 0.05) is 45.6 Å². The summed E-state index contributed by atoms with van der Waals surface area (Å²) in [5.74, 6) is -0.00828. The van der Waals surface area contributed by atoms with Crippen molar-refractivity contribution < 1.29 is 24.2 Å². The minimum absolute atomic E-state index is 0.0306. The maximum atomic E-state index is 15.3. The molecule has 2 aliphatic heterocycles. The minimum Gasteiger partial charge on any atom is -0.497 e. The fourth-order valence-corrected chi connectivity index (χ4v) is 13.7. The van der Waals surface area contributed by atoms with Crippen LogP contribution >= 0.6 is 15.9 Å². The van der Waals surface area contributed by atoms with Crippen molar-refractivity contribution in [1.29, 1.82) is 0 Å². The zero-order chi connectivity index (χ0) is 42.2. The van der Waals surface area contributed by atoms with E-state index in [1.165, 1.54) is 5.19 Å². The highest BCUT2D eigenvalue weighted by atomic mass is 79.9. The van der Waals surface area contributed by atoms with E-state index in [-0.39, 0.29) is 41.9 Å². The van der Waals surface area contributed by atoms with E-state index in [0.29, 0.717) is 42.1 Å². The molecule has 2 aliphatic rings. The number of benzene rings is 5. The fraction of sp³-hybridized carbons (Fsp3) is 0.277. The summed E-state index contributed by atoms with van der Waals surface area (Å²) in [5.41, 5.74) is 10.6. The molecule has 5 aromatic carbocycles. The standard InChI is InChI=1S/C47H49BrN6O5Si/c1-30-44(60(3,4)38-21-19-37(58-2)20-22-38)43(24-25-53-28-41(51-52-53)39(29-55)32-8-6-5-7-9-32)59-47(30)40-26-34(48)14-23-42(40)54(46(47)57)27-31-10-17-36(18-11-31)50-45(56)33-12-15-35(49)16-13-33/h5-23,26,28,30,39,43-44,55H,24-25,27,29,49H2,1-4H3,(H,50,56)/t30-,39?,43+,44-,47+/m1/s1. The van der Waals surface area contributed by atoms with Crippen molar-refractivity contribution in [3.05, 3.63) is 160 Å². The lowest BCUT2D eigenvalue weighted by atomic mass is 9.82. The van der Waals surface area contributed by atoms with E-state index >= 15 is 4.79 Å². The van der Waals surface area contributed by atoms with E-state index < -0.39 is 13.7 Å². The molecule has 1 saturated heterocycles. The van der Waals surface area contributed by atoms with Crippen LogP contribution in [0.1, 0.15) is 52.0 Å². The summed E-state index contributed by atoms with van der Waals surface area (Å²) >= 11 is 3.72. The van der Waals surface area contributed by atoms with Crippen LogP contribution in [0, 0.1) is 5.92 Å². The van der Waals surface area contributed by atoms with Crippen molar-refractivity contribution in [3.63, 3.8) is 0 Å². The molecule has 11 nitrogen and oxygen atoms in total. The van der Waals surface area contributed by atoms with Gasteiger partial charge in [0.2, 0.25) is 0 Å². The van der Waals surface area contributed by atoms with Crippen LogP contribution in [0.2, 0.25) is 18.6 Å². The summed E-state index contributed by atoms with van der Waals surface area (Å²) < 4.78 is 15.6. The maximum absolute atomic E-state index is 15.3. The second kappa shape index (κ2) is 16.8. The molecular weight excluding hydrogens is 837 g/mol. The second-order valence-electron chi connectivity index (χ2n) is 16.3. The van der Waals surface area contributed by atoms with Crippen LogP contribution in [0.25, 0.3) is 0 Å². The number of carbonyl (C=O) groups is 2. The number of amides is 2. The molecule has 5 atom stereocenters. The summed E-state index contributed by atoms with van der Waals surface area (Å²) in [6, 6.07) is 38.6. The van der Waals surface area contributed by atoms with Gasteiger partial charge in [-0.3, -0.25) is 14.3 Å². The zero-order valence-corrected chi connectivity index (χ0v) is 36.7. The third-order valence-corrected chi connectivity index (χ3v) is 17.3. The number of nitrogens with zero attached hydrogens (tertiary/aromatic N) is 4. The first-order valence-electron chi connectivity index (χ1n) is 20.2. The largest absolute Gasteiger partial charge is 0.497 e. The number of halogens is 1. The van der Waals surface area contributed by atoms with Gasteiger partial charge in [-0.1, -0.05) is 101 Å². The number of ether oxygens (including phenoxy) is 2. The van der Waals surface area contributed by atoms with Gasteiger partial charge in [0.1, 0.15) is 5.75 Å². The Kier molecular flexibility index (Phi) is 11.5. The number of aromatic nitrogens is 3. The molecule has 8 rings (SSSR count). The van der Waals surface area contributed by atoms with Crippen LogP contribution in [0.5, 0.6) is 5.75 Å². The lowest BCUT2D eigenvalue weighted by Gasteiger charge is -2.37. The zero-order valence-electron chi connectivity index (χ0n) is 34.1. The monoisotopic (exact) mass is 884 g/mol. The number of aliphatic hydroxyl groups is 1. The first-order chi connectivity index (χ1) is 28.9. The minimum atomic E-state index is -2.39. The van der Waals surface area contributed by atoms with Gasteiger partial charge in [0.15, 0.2) is 5.60 Å². The molecule has 0 bridgehead atoms. The fourth-order valence-electron chi connectivity index (χ4n) is 9.32. The smallest absolute Gasteiger partial charge is 0.264 e. The molecular formula is C47H49BrN6O5Si. The number of nitrogens with two attached hydrogens (primary N) is 1. The Balaban J connectivity index is 1.10. The first kappa shape index (κ1) is 41.1. The van der Waals surface area contributed by atoms with Crippen LogP contribution in [-0.4, -0.2) is 59.8 Å². The molecule has 13 heteroatoms. The third kappa shape index (κ3) is 7.66. The summed E-state index contributed by atoms with van der Waals surface area (Å²) in [6.45, 7) is 7.68. The summed E-state index contributed by atoms with van der Waals surface area (Å²) in [7, 11) is -0.721. The van der Waals surface area contributed by atoms with Crippen molar-refractivity contribution in [2.24, 2.45) is 5.92 Å². The summed E-state index contributed by atoms with van der Waals surface area (Å²) in [6.07, 6.45) is 2.22. The highest BCUT2D eigenvalue weighted by Crippen LogP contribution is 2.60. The number of hydrogen-bond donors (Lipinski definition) is 3. The Labute approximate surface area is 359 Å². The number of rotatable bonds is 13. The van der Waals surface area contributed by atoms with Gasteiger partial charge >= 0.3 is 0 Å². The molecule has 0 radical (unpaired) electrons. The predicted octanol–water partition coefficient (Wildman–Crippen LogP) is 7.86. The van der Waals surface area contributed by atoms with Crippen molar-refractivity contribution in [3.8, 4) is 5.75 Å². The summed E-state index contributed by atoms with van der Waals surface area (Å²) in [5, 5.41) is 23.5. The van der Waals surface area contributed by atoms with Crippen LogP contribution in [0.3, 0.4) is 0 Å². The van der Waals surface area contributed by atoms with Gasteiger partial charge < -0.3 is 30.5 Å². The third-order valence-electron chi connectivity index (χ3n) is 12.5. The van der Waals surface area contributed by atoms with Crippen LogP contribution in [0.15, 0.2) is 132 Å². The number of hydrogen-bond acceptors (Lipinski definition) is 8. The Morgan fingerprint density at radius 3 is 2.40 bits per heavy atom. The maximum Gasteiger partial charge on any atom is 0.264 e. The number of methoxy groups -OCH3 is 1. The van der Waals surface area contributed by atoms with Gasteiger partial charge in [-0.15, -0.1) is 5.10 Å². The molecule has 1 unspecified atom stereocenters. The van der Waals surface area contributed by atoms with Crippen LogP contribution in [0.4, 0.5) is 17.1 Å². The number of nitrogen functional groups attached to an aromatic ring is 1. The van der Waals surface area contributed by atoms with E-state index in [4.69, 9.17) is 15.2 Å². The summed E-state index contributed by atoms with van der Waals surface area (Å²) in [4.78, 5) is 30.1. The molecule has 4 N–H and O–H groups in total. The first-order valence-corrected chi connectivity index (χ1v) is 24.1. The molecule has 0 saturated carbocycles. The molecule has 308 valence electrons. The van der Waals surface area contributed by atoms with E-state index in [9.17, 15) is 9.90 Å². The van der Waals surface area contributed by atoms with E-state index in [1.807, 2.05) is 101 Å². The molecule has 1 spiro atoms. The molecule has 6 aromatic rings. The predicted molar refractivity (Wildman–Crippen MR) is 240 cm³/mol. The molecule has 3 heterocycles. The molecule has 0 aliphatic carbocycles. The molecule has 2 amide bonds. The SMILES string of the molecule is COc1ccc([Si](C)(C)[C@H]2[C@H](CCn3cc(C(CO)c4ccccc4)nn3)O[C@@]3(C(=O)N(Cc4ccc(NC(=O)c5ccc(N)cc5)cc4)c4ccc(Br)cc43)[C@@H]2C)cc1. The van der Waals surface area contributed by atoms with Crippen molar-refractivity contribution in [2.75, 3.05) is 29.7 Å². The normalized spacial score (nSPS) is 20.3. The highest BCUT2D eigenvalue weighted by Gasteiger charge is 2.66. The van der Waals surface area contributed by atoms with Crippen LogP contribution < -0.4 is 25.9 Å². The van der Waals surface area contributed by atoms with Gasteiger partial charge in [0.25, 0.3) is 11.8 Å². The highest BCUT2D eigenvalue weighted by molar-refractivity contribution is 9.10. The second-order valence-corrected chi connectivity index (χ2v) is 21.9. The van der Waals surface area contributed by atoms with E-state index in [1.54, 1.807) is 31.4 Å². The van der Waals surface area contributed by atoms with E-state index in [2.05, 4.69) is 63.7 Å². The average Bonchev–Trinajstić information content (AvgIpc) is 3.91. The van der Waals surface area contributed by atoms with Gasteiger partial charge in [0.05, 0.1) is 51.7 Å². The number of nitrogens with one attached hydrogen (secondary N) is 1. The van der Waals surface area contributed by atoms with Gasteiger partial charge in [-0.25, -0.2) is 0 Å². The van der Waals surface area contributed by atoms with Crippen molar-refractivity contribution in [2.45, 2.75) is 62.7 Å². The number of aliphatic hydroxyl groups excluding tert-OH is 1. The molecule has 1 fully saturated rings. The number of anilines is 3. The van der Waals surface area contributed by atoms with Crippen molar-refractivity contribution in [1.82, 2.24) is 15.0 Å². The Morgan fingerprint density at radius 1 is 1.00 bits per heavy atom. The Hall–Kier alpha value is -5.60. The van der Waals surface area contributed by atoms with Gasteiger partial charge in [-0.2, -0.15) is 0 Å². The quantitative estimate of drug-likeness (QED) is 0.0786. The lowest BCUT2D eigenvalue weighted by Crippen LogP contribution is -2.51. The lowest BCUT2D eigenvalue weighted by molar-refractivity contribution is -0.146. The van der Waals surface area contributed by atoms with Crippen molar-refractivity contribution >= 4 is 58.1 Å².